The van der Waals surface area contributed by atoms with Crippen molar-refractivity contribution in [1.29, 1.82) is 0 Å². The minimum Gasteiger partial charge on any atom is -0.469 e. The van der Waals surface area contributed by atoms with Crippen LogP contribution >= 0.6 is 11.3 Å². The van der Waals surface area contributed by atoms with E-state index in [-0.39, 0.29) is 16.4 Å². The van der Waals surface area contributed by atoms with E-state index < -0.39 is 29.0 Å². The minimum absolute atomic E-state index is 0.0565. The van der Waals surface area contributed by atoms with Gasteiger partial charge in [-0.2, -0.15) is 0 Å². The van der Waals surface area contributed by atoms with Gasteiger partial charge in [0.05, 0.1) is 19.1 Å². The summed E-state index contributed by atoms with van der Waals surface area (Å²) in [5.74, 6) is -1.60. The molecule has 1 aromatic rings. The molecule has 1 aromatic heterocycles. The van der Waals surface area contributed by atoms with Crippen molar-refractivity contribution in [1.82, 2.24) is 5.06 Å². The Balaban J connectivity index is 2.49. The maximum absolute atomic E-state index is 12.0. The van der Waals surface area contributed by atoms with E-state index in [2.05, 4.69) is 14.5 Å². The van der Waals surface area contributed by atoms with Crippen molar-refractivity contribution < 1.29 is 28.8 Å². The zero-order valence-electron chi connectivity index (χ0n) is 12.5. The van der Waals surface area contributed by atoms with E-state index in [9.17, 15) is 19.7 Å². The summed E-state index contributed by atoms with van der Waals surface area (Å²) >= 11 is 1.06. The zero-order valence-corrected chi connectivity index (χ0v) is 13.3. The Kier molecular flexibility index (Phi) is 4.61. The maximum atomic E-state index is 12.0. The molecule has 10 nitrogen and oxygen atoms in total. The minimum atomic E-state index is -1.97. The number of methoxy groups -OCH3 is 2. The first-order chi connectivity index (χ1) is 10.8. The third-order valence-corrected chi connectivity index (χ3v) is 3.93. The zero-order chi connectivity index (χ0) is 17.2. The number of thiophene rings is 1. The highest BCUT2D eigenvalue weighted by Gasteiger charge is 2.51. The molecule has 1 atom stereocenters. The molecule has 11 heteroatoms. The fourth-order valence-electron chi connectivity index (χ4n) is 1.99. The van der Waals surface area contributed by atoms with Crippen molar-refractivity contribution in [3.8, 4) is 0 Å². The van der Waals surface area contributed by atoms with Gasteiger partial charge in [0.1, 0.15) is 11.3 Å². The van der Waals surface area contributed by atoms with Crippen LogP contribution in [-0.2, 0) is 23.9 Å². The first-order valence-corrected chi connectivity index (χ1v) is 7.13. The number of ether oxygens (including phenoxy) is 2. The lowest BCUT2D eigenvalue weighted by atomic mass is 10.1. The Morgan fingerprint density at radius 2 is 2.17 bits per heavy atom. The van der Waals surface area contributed by atoms with Crippen LogP contribution in [0.4, 0.5) is 5.69 Å². The van der Waals surface area contributed by atoms with Crippen molar-refractivity contribution in [3.63, 3.8) is 0 Å². The van der Waals surface area contributed by atoms with E-state index in [1.54, 1.807) is 0 Å². The van der Waals surface area contributed by atoms with Gasteiger partial charge in [-0.05, 0) is 5.38 Å². The van der Waals surface area contributed by atoms with Crippen molar-refractivity contribution in [2.75, 3.05) is 21.3 Å². The van der Waals surface area contributed by atoms with E-state index in [0.29, 0.717) is 0 Å². The summed E-state index contributed by atoms with van der Waals surface area (Å²) in [4.78, 5) is 43.8. The van der Waals surface area contributed by atoms with Gasteiger partial charge in [0.15, 0.2) is 5.84 Å². The van der Waals surface area contributed by atoms with E-state index in [1.165, 1.54) is 18.5 Å². The lowest BCUT2D eigenvalue weighted by Gasteiger charge is -2.22. The normalized spacial score (nSPS) is 20.1. The number of hydrogen-bond donors (Lipinski definition) is 0. The molecule has 1 unspecified atom stereocenters. The molecule has 0 saturated carbocycles. The molecule has 1 aliphatic heterocycles. The molecule has 1 aliphatic rings. The summed E-state index contributed by atoms with van der Waals surface area (Å²) in [5.41, 5.74) is -2.15. The SMILES string of the molecule is COC(=O)CC1(C(=O)OC)N=C(c2sccc2[N+](=O)[O-])N(C)O1. The van der Waals surface area contributed by atoms with Gasteiger partial charge in [-0.1, -0.05) is 0 Å². The lowest BCUT2D eigenvalue weighted by Crippen LogP contribution is -2.42. The Bertz CT molecular complexity index is 686. The fourth-order valence-corrected chi connectivity index (χ4v) is 2.87. The summed E-state index contributed by atoms with van der Waals surface area (Å²) in [6, 6.07) is 1.31. The molecular formula is C12H13N3O7S. The van der Waals surface area contributed by atoms with E-state index in [0.717, 1.165) is 30.6 Å². The Labute approximate surface area is 134 Å². The molecule has 0 aromatic carbocycles. The molecule has 0 bridgehead atoms. The van der Waals surface area contributed by atoms with Gasteiger partial charge in [-0.15, -0.1) is 11.3 Å². The van der Waals surface area contributed by atoms with Crippen LogP contribution < -0.4 is 0 Å². The number of hydroxylamine groups is 2. The first-order valence-electron chi connectivity index (χ1n) is 6.25. The molecule has 0 saturated heterocycles. The summed E-state index contributed by atoms with van der Waals surface area (Å²) in [6.45, 7) is 0. The maximum Gasteiger partial charge on any atom is 0.364 e. The molecule has 2 rings (SSSR count). The van der Waals surface area contributed by atoms with Crippen LogP contribution in [0.3, 0.4) is 0 Å². The van der Waals surface area contributed by atoms with Crippen LogP contribution in [0.2, 0.25) is 0 Å². The predicted molar refractivity (Wildman–Crippen MR) is 77.7 cm³/mol. The predicted octanol–water partition coefficient (Wildman–Crippen LogP) is 0.712. The molecule has 0 radical (unpaired) electrons. The molecule has 2 heterocycles. The van der Waals surface area contributed by atoms with Gasteiger partial charge >= 0.3 is 11.9 Å². The average Bonchev–Trinajstić information content (AvgIpc) is 3.11. The second kappa shape index (κ2) is 6.30. The number of rotatable bonds is 5. The number of aliphatic imine (C=N–C) groups is 1. The number of carbonyl (C=O) groups is 2. The van der Waals surface area contributed by atoms with Crippen molar-refractivity contribution in [2.45, 2.75) is 12.1 Å². The van der Waals surface area contributed by atoms with Gasteiger partial charge < -0.3 is 9.47 Å². The van der Waals surface area contributed by atoms with Gasteiger partial charge in [-0.25, -0.2) is 19.7 Å². The van der Waals surface area contributed by atoms with Crippen LogP contribution in [0.5, 0.6) is 0 Å². The van der Waals surface area contributed by atoms with Crippen molar-refractivity contribution >= 4 is 34.8 Å². The van der Waals surface area contributed by atoms with Crippen LogP contribution in [0.1, 0.15) is 11.3 Å². The summed E-state index contributed by atoms with van der Waals surface area (Å²) < 4.78 is 9.17. The van der Waals surface area contributed by atoms with E-state index in [1.807, 2.05) is 0 Å². The van der Waals surface area contributed by atoms with Crippen LogP contribution in [0, 0.1) is 10.1 Å². The smallest absolute Gasteiger partial charge is 0.364 e. The molecule has 0 N–H and O–H groups in total. The molecule has 0 aliphatic carbocycles. The Morgan fingerprint density at radius 1 is 1.48 bits per heavy atom. The summed E-state index contributed by atoms with van der Waals surface area (Å²) in [5, 5.41) is 13.7. The topological polar surface area (TPSA) is 121 Å². The van der Waals surface area contributed by atoms with Crippen molar-refractivity contribution in [3.05, 3.63) is 26.4 Å². The van der Waals surface area contributed by atoms with Crippen LogP contribution in [-0.4, -0.2) is 54.8 Å². The quantitative estimate of drug-likeness (QED) is 0.435. The molecule has 0 fully saturated rings. The second-order valence-corrected chi connectivity index (χ2v) is 5.36. The van der Waals surface area contributed by atoms with Gasteiger partial charge in [0, 0.05) is 13.1 Å². The highest BCUT2D eigenvalue weighted by atomic mass is 32.1. The standard InChI is InChI=1S/C12H13N3O7S/c1-14-10(9-7(15(18)19)4-5-23-9)13-12(22-14,11(17)21-3)6-8(16)20-2/h4-5H,6H2,1-3H3. The van der Waals surface area contributed by atoms with E-state index in [4.69, 9.17) is 4.84 Å². The highest BCUT2D eigenvalue weighted by Crippen LogP contribution is 2.34. The number of hydrogen-bond acceptors (Lipinski definition) is 10. The molecule has 23 heavy (non-hydrogen) atoms. The van der Waals surface area contributed by atoms with Crippen molar-refractivity contribution in [2.24, 2.45) is 4.99 Å². The number of amidine groups is 1. The first kappa shape index (κ1) is 16.8. The number of carbonyl (C=O) groups excluding carboxylic acids is 2. The third kappa shape index (κ3) is 3.00. The monoisotopic (exact) mass is 343 g/mol. The number of esters is 2. The fraction of sp³-hybridized carbons (Fsp3) is 0.417. The van der Waals surface area contributed by atoms with Crippen LogP contribution in [0.15, 0.2) is 16.4 Å². The summed E-state index contributed by atoms with van der Waals surface area (Å²) in [6.07, 6.45) is -0.525. The van der Waals surface area contributed by atoms with Gasteiger partial charge in [0.2, 0.25) is 0 Å². The number of nitro groups is 1. The molecule has 0 amide bonds. The average molecular weight is 343 g/mol. The highest BCUT2D eigenvalue weighted by molar-refractivity contribution is 7.12. The molecule has 0 spiro atoms. The molecular weight excluding hydrogens is 330 g/mol. The summed E-state index contributed by atoms with van der Waals surface area (Å²) in [7, 11) is 3.69. The Hall–Kier alpha value is -2.53. The lowest BCUT2D eigenvalue weighted by molar-refractivity contribution is -0.384. The Morgan fingerprint density at radius 3 is 2.74 bits per heavy atom. The van der Waals surface area contributed by atoms with Crippen LogP contribution in [0.25, 0.3) is 0 Å². The third-order valence-electron chi connectivity index (χ3n) is 3.03. The second-order valence-electron chi connectivity index (χ2n) is 4.45. The number of nitrogens with zero attached hydrogens (tertiary/aromatic N) is 3. The van der Waals surface area contributed by atoms with Gasteiger partial charge in [-0.3, -0.25) is 14.9 Å². The van der Waals surface area contributed by atoms with E-state index >= 15 is 0 Å². The largest absolute Gasteiger partial charge is 0.469 e. The molecule has 124 valence electrons. The van der Waals surface area contributed by atoms with Gasteiger partial charge in [0.25, 0.3) is 11.4 Å².